The first-order valence-electron chi connectivity index (χ1n) is 6.56. The van der Waals surface area contributed by atoms with Crippen molar-refractivity contribution < 1.29 is 4.79 Å². The summed E-state index contributed by atoms with van der Waals surface area (Å²) in [7, 11) is 1.85. The number of piperidine rings is 1. The zero-order valence-electron chi connectivity index (χ0n) is 11.4. The lowest BCUT2D eigenvalue weighted by Gasteiger charge is -2.39. The number of rotatable bonds is 2. The number of nitrogens with zero attached hydrogens (tertiary/aromatic N) is 3. The fraction of sp³-hybridized carbons (Fsp3) is 0.692. The Morgan fingerprint density at radius 2 is 2.33 bits per heavy atom. The molecule has 1 aromatic rings. The van der Waals surface area contributed by atoms with Gasteiger partial charge in [-0.1, -0.05) is 6.92 Å². The second kappa shape index (κ2) is 5.10. The molecule has 0 unspecified atom stereocenters. The third-order valence-corrected chi connectivity index (χ3v) is 4.08. The Morgan fingerprint density at radius 3 is 2.89 bits per heavy atom. The second-order valence-electron chi connectivity index (χ2n) is 5.19. The molecule has 2 N–H and O–H groups in total. The molecule has 5 nitrogen and oxygen atoms in total. The van der Waals surface area contributed by atoms with Crippen LogP contribution >= 0.6 is 0 Å². The first-order valence-corrected chi connectivity index (χ1v) is 6.56. The molecule has 1 aliphatic rings. The van der Waals surface area contributed by atoms with Crippen LogP contribution in [0, 0.1) is 12.8 Å². The molecule has 1 aliphatic heterocycles. The van der Waals surface area contributed by atoms with E-state index in [-0.39, 0.29) is 11.9 Å². The number of aryl methyl sites for hydroxylation is 1. The van der Waals surface area contributed by atoms with Gasteiger partial charge in [0.15, 0.2) is 0 Å². The lowest BCUT2D eigenvalue weighted by molar-refractivity contribution is 0.0531. The monoisotopic (exact) mass is 250 g/mol. The minimum absolute atomic E-state index is 0.0719. The summed E-state index contributed by atoms with van der Waals surface area (Å²) in [6.45, 7) is 5.43. The zero-order chi connectivity index (χ0) is 13.3. The maximum absolute atomic E-state index is 12.6. The van der Waals surface area contributed by atoms with Crippen LogP contribution in [0.5, 0.6) is 0 Å². The van der Waals surface area contributed by atoms with Crippen molar-refractivity contribution in [1.29, 1.82) is 0 Å². The van der Waals surface area contributed by atoms with Crippen LogP contribution in [-0.4, -0.2) is 39.7 Å². The van der Waals surface area contributed by atoms with Gasteiger partial charge in [-0.3, -0.25) is 9.48 Å². The number of carbonyl (C=O) groups is 1. The number of amides is 1. The minimum atomic E-state index is 0.0719. The molecule has 2 atom stereocenters. The van der Waals surface area contributed by atoms with E-state index in [0.29, 0.717) is 18.0 Å². The van der Waals surface area contributed by atoms with Crippen LogP contribution in [0.2, 0.25) is 0 Å². The Labute approximate surface area is 108 Å². The van der Waals surface area contributed by atoms with Gasteiger partial charge in [-0.2, -0.15) is 5.10 Å². The molecule has 1 amide bonds. The van der Waals surface area contributed by atoms with Crippen LogP contribution in [0.4, 0.5) is 0 Å². The zero-order valence-corrected chi connectivity index (χ0v) is 11.4. The molecule has 2 heterocycles. The molecule has 0 bridgehead atoms. The van der Waals surface area contributed by atoms with Crippen molar-refractivity contribution in [1.82, 2.24) is 14.7 Å². The molecule has 2 rings (SSSR count). The standard InChI is InChI=1S/C13H22N4O/c1-9-5-4-6-17(12(9)7-14)13(18)11-8-15-16(3)10(11)2/h8-9,12H,4-7,14H2,1-3H3/t9-,12+/m0/s1. The summed E-state index contributed by atoms with van der Waals surface area (Å²) in [4.78, 5) is 14.5. The van der Waals surface area contributed by atoms with Gasteiger partial charge in [-0.05, 0) is 25.7 Å². The van der Waals surface area contributed by atoms with Crippen LogP contribution in [0.3, 0.4) is 0 Å². The van der Waals surface area contributed by atoms with Gasteiger partial charge in [-0.15, -0.1) is 0 Å². The smallest absolute Gasteiger partial charge is 0.257 e. The number of nitrogens with two attached hydrogens (primary N) is 1. The molecule has 5 heteroatoms. The van der Waals surface area contributed by atoms with Crippen molar-refractivity contribution >= 4 is 5.91 Å². The average Bonchev–Trinajstić information content (AvgIpc) is 2.69. The summed E-state index contributed by atoms with van der Waals surface area (Å²) >= 11 is 0. The third kappa shape index (κ3) is 2.14. The SMILES string of the molecule is Cc1c(C(=O)N2CCC[C@H](C)[C@H]2CN)cnn1C. The molecule has 1 aromatic heterocycles. The maximum atomic E-state index is 12.6. The quantitative estimate of drug-likeness (QED) is 0.849. The van der Waals surface area contributed by atoms with E-state index < -0.39 is 0 Å². The van der Waals surface area contributed by atoms with E-state index in [4.69, 9.17) is 5.73 Å². The van der Waals surface area contributed by atoms with Gasteiger partial charge in [0.2, 0.25) is 0 Å². The minimum Gasteiger partial charge on any atom is -0.334 e. The summed E-state index contributed by atoms with van der Waals surface area (Å²) < 4.78 is 1.73. The number of likely N-dealkylation sites (tertiary alicyclic amines) is 1. The molecule has 0 aromatic carbocycles. The number of aromatic nitrogens is 2. The van der Waals surface area contributed by atoms with Crippen LogP contribution in [0.25, 0.3) is 0 Å². The molecule has 1 saturated heterocycles. The Balaban J connectivity index is 2.24. The Hall–Kier alpha value is -1.36. The highest BCUT2D eigenvalue weighted by atomic mass is 16.2. The molecule has 0 radical (unpaired) electrons. The van der Waals surface area contributed by atoms with Crippen LogP contribution < -0.4 is 5.73 Å². The van der Waals surface area contributed by atoms with E-state index in [0.717, 1.165) is 25.1 Å². The molecular formula is C13H22N4O. The van der Waals surface area contributed by atoms with E-state index >= 15 is 0 Å². The normalized spacial score (nSPS) is 24.3. The Kier molecular flexibility index (Phi) is 3.71. The molecule has 0 aliphatic carbocycles. The fourth-order valence-corrected chi connectivity index (χ4v) is 2.72. The van der Waals surface area contributed by atoms with Crippen molar-refractivity contribution in [3.63, 3.8) is 0 Å². The van der Waals surface area contributed by atoms with E-state index in [2.05, 4.69) is 12.0 Å². The van der Waals surface area contributed by atoms with Crippen molar-refractivity contribution in [2.75, 3.05) is 13.1 Å². The fourth-order valence-electron chi connectivity index (χ4n) is 2.72. The number of hydrogen-bond donors (Lipinski definition) is 1. The average molecular weight is 250 g/mol. The lowest BCUT2D eigenvalue weighted by Crippen LogP contribution is -2.51. The van der Waals surface area contributed by atoms with Gasteiger partial charge in [0.25, 0.3) is 5.91 Å². The van der Waals surface area contributed by atoms with Gasteiger partial charge in [-0.25, -0.2) is 0 Å². The molecule has 0 spiro atoms. The number of hydrogen-bond acceptors (Lipinski definition) is 3. The van der Waals surface area contributed by atoms with Crippen molar-refractivity contribution in [2.45, 2.75) is 32.7 Å². The van der Waals surface area contributed by atoms with E-state index in [9.17, 15) is 4.79 Å². The molecular weight excluding hydrogens is 228 g/mol. The number of carbonyl (C=O) groups excluding carboxylic acids is 1. The molecule has 18 heavy (non-hydrogen) atoms. The first-order chi connectivity index (χ1) is 8.56. The topological polar surface area (TPSA) is 64.2 Å². The van der Waals surface area contributed by atoms with Gasteiger partial charge in [0.1, 0.15) is 0 Å². The van der Waals surface area contributed by atoms with E-state index in [1.54, 1.807) is 10.9 Å². The second-order valence-corrected chi connectivity index (χ2v) is 5.19. The van der Waals surface area contributed by atoms with E-state index in [1.165, 1.54) is 0 Å². The van der Waals surface area contributed by atoms with Crippen molar-refractivity contribution in [3.8, 4) is 0 Å². The van der Waals surface area contributed by atoms with Crippen LogP contribution in [0.15, 0.2) is 6.20 Å². The highest BCUT2D eigenvalue weighted by Crippen LogP contribution is 2.24. The van der Waals surface area contributed by atoms with Crippen molar-refractivity contribution in [2.24, 2.45) is 18.7 Å². The summed E-state index contributed by atoms with van der Waals surface area (Å²) in [5.74, 6) is 0.548. The Morgan fingerprint density at radius 1 is 1.61 bits per heavy atom. The molecule has 0 saturated carbocycles. The predicted molar refractivity (Wildman–Crippen MR) is 70.2 cm³/mol. The highest BCUT2D eigenvalue weighted by Gasteiger charge is 2.32. The highest BCUT2D eigenvalue weighted by molar-refractivity contribution is 5.95. The summed E-state index contributed by atoms with van der Waals surface area (Å²) in [5.41, 5.74) is 7.44. The largest absolute Gasteiger partial charge is 0.334 e. The third-order valence-electron chi connectivity index (χ3n) is 4.08. The summed E-state index contributed by atoms with van der Waals surface area (Å²) in [6, 6.07) is 0.158. The van der Waals surface area contributed by atoms with Crippen LogP contribution in [-0.2, 0) is 7.05 Å². The van der Waals surface area contributed by atoms with Crippen LogP contribution in [0.1, 0.15) is 35.8 Å². The molecule has 1 fully saturated rings. The maximum Gasteiger partial charge on any atom is 0.257 e. The van der Waals surface area contributed by atoms with Crippen molar-refractivity contribution in [3.05, 3.63) is 17.5 Å². The summed E-state index contributed by atoms with van der Waals surface area (Å²) in [5, 5.41) is 4.14. The van der Waals surface area contributed by atoms with Gasteiger partial charge < -0.3 is 10.6 Å². The van der Waals surface area contributed by atoms with Gasteiger partial charge >= 0.3 is 0 Å². The van der Waals surface area contributed by atoms with E-state index in [1.807, 2.05) is 18.9 Å². The predicted octanol–water partition coefficient (Wildman–Crippen LogP) is 0.928. The molecule has 100 valence electrons. The first kappa shape index (κ1) is 13.1. The Bertz CT molecular complexity index is 440. The van der Waals surface area contributed by atoms with Gasteiger partial charge in [0.05, 0.1) is 11.8 Å². The summed E-state index contributed by atoms with van der Waals surface area (Å²) in [6.07, 6.45) is 3.87. The van der Waals surface area contributed by atoms with Gasteiger partial charge in [0, 0.05) is 31.9 Å². The lowest BCUT2D eigenvalue weighted by atomic mass is 9.90.